The summed E-state index contributed by atoms with van der Waals surface area (Å²) >= 11 is 1.97. The summed E-state index contributed by atoms with van der Waals surface area (Å²) in [5.41, 5.74) is 5.68. The van der Waals surface area contributed by atoms with E-state index in [-0.39, 0.29) is 11.8 Å². The second kappa shape index (κ2) is 6.50. The van der Waals surface area contributed by atoms with Crippen molar-refractivity contribution in [1.82, 2.24) is 4.90 Å². The summed E-state index contributed by atoms with van der Waals surface area (Å²) in [4.78, 5) is 14.3. The number of nitrogens with two attached hydrogens (primary N) is 1. The van der Waals surface area contributed by atoms with Gasteiger partial charge >= 0.3 is 0 Å². The highest BCUT2D eigenvalue weighted by Crippen LogP contribution is 2.26. The number of carbonyl (C=O) groups is 1. The zero-order valence-electron chi connectivity index (χ0n) is 10.6. The average molecular weight is 244 g/mol. The Hall–Kier alpha value is -0.220. The minimum absolute atomic E-state index is 0.0347. The summed E-state index contributed by atoms with van der Waals surface area (Å²) in [6.45, 7) is 8.74. The summed E-state index contributed by atoms with van der Waals surface area (Å²) in [6.07, 6.45) is 1.95. The van der Waals surface area contributed by atoms with Gasteiger partial charge in [-0.3, -0.25) is 4.79 Å². The van der Waals surface area contributed by atoms with Gasteiger partial charge < -0.3 is 10.6 Å². The molecule has 16 heavy (non-hydrogen) atoms. The highest BCUT2D eigenvalue weighted by atomic mass is 32.2. The first-order chi connectivity index (χ1) is 7.58. The van der Waals surface area contributed by atoms with Crippen molar-refractivity contribution in [2.75, 3.05) is 19.6 Å². The topological polar surface area (TPSA) is 46.3 Å². The molecule has 0 aromatic heterocycles. The molecule has 1 amide bonds. The van der Waals surface area contributed by atoms with Crippen LogP contribution in [0.2, 0.25) is 0 Å². The number of amides is 1. The highest BCUT2D eigenvalue weighted by molar-refractivity contribution is 8.00. The molecule has 3 nitrogen and oxygen atoms in total. The van der Waals surface area contributed by atoms with Crippen molar-refractivity contribution >= 4 is 17.7 Å². The number of hydrogen-bond acceptors (Lipinski definition) is 3. The van der Waals surface area contributed by atoms with Crippen LogP contribution in [0.4, 0.5) is 0 Å². The molecule has 1 aliphatic rings. The quantitative estimate of drug-likeness (QED) is 0.819. The molecule has 94 valence electrons. The molecule has 1 heterocycles. The van der Waals surface area contributed by atoms with Gasteiger partial charge in [-0.2, -0.15) is 11.8 Å². The fraction of sp³-hybridized carbons (Fsp3) is 0.917. The van der Waals surface area contributed by atoms with E-state index in [1.807, 2.05) is 16.7 Å². The molecule has 1 fully saturated rings. The zero-order chi connectivity index (χ0) is 12.1. The fourth-order valence-electron chi connectivity index (χ4n) is 2.31. The first-order valence-corrected chi connectivity index (χ1v) is 7.17. The van der Waals surface area contributed by atoms with Gasteiger partial charge in [0.05, 0.1) is 5.92 Å². The lowest BCUT2D eigenvalue weighted by molar-refractivity contribution is -0.135. The number of carbonyl (C=O) groups excluding carboxylic acids is 1. The molecule has 3 unspecified atom stereocenters. The Balaban J connectivity index is 2.57. The largest absolute Gasteiger partial charge is 0.340 e. The average Bonchev–Trinajstić information content (AvgIpc) is 2.23. The third-order valence-electron chi connectivity index (χ3n) is 3.00. The molecule has 0 aromatic carbocycles. The van der Waals surface area contributed by atoms with Gasteiger partial charge in [-0.25, -0.2) is 0 Å². The van der Waals surface area contributed by atoms with Gasteiger partial charge in [0.25, 0.3) is 0 Å². The molecule has 0 aliphatic carbocycles. The van der Waals surface area contributed by atoms with Crippen LogP contribution < -0.4 is 5.73 Å². The van der Waals surface area contributed by atoms with Crippen LogP contribution >= 0.6 is 11.8 Å². The molecule has 0 spiro atoms. The fourth-order valence-corrected chi connectivity index (χ4v) is 3.63. The first-order valence-electron chi connectivity index (χ1n) is 6.22. The van der Waals surface area contributed by atoms with Crippen molar-refractivity contribution in [2.45, 2.75) is 44.1 Å². The van der Waals surface area contributed by atoms with E-state index in [1.165, 1.54) is 0 Å². The molecule has 2 N–H and O–H groups in total. The van der Waals surface area contributed by atoms with Gasteiger partial charge in [-0.1, -0.05) is 27.2 Å². The predicted octanol–water partition coefficient (Wildman–Crippen LogP) is 1.71. The van der Waals surface area contributed by atoms with Crippen molar-refractivity contribution in [3.05, 3.63) is 0 Å². The lowest BCUT2D eigenvalue weighted by atomic mass is 10.0. The Bertz CT molecular complexity index is 225. The van der Waals surface area contributed by atoms with Crippen molar-refractivity contribution < 1.29 is 4.79 Å². The number of thioether (sulfide) groups is 1. The van der Waals surface area contributed by atoms with E-state index in [0.29, 0.717) is 17.0 Å². The van der Waals surface area contributed by atoms with E-state index in [4.69, 9.17) is 5.73 Å². The molecule has 3 atom stereocenters. The van der Waals surface area contributed by atoms with Crippen molar-refractivity contribution in [1.29, 1.82) is 0 Å². The number of hydrogen-bond donors (Lipinski definition) is 1. The van der Waals surface area contributed by atoms with Gasteiger partial charge in [-0.15, -0.1) is 0 Å². The second-order valence-corrected chi connectivity index (χ2v) is 6.60. The minimum Gasteiger partial charge on any atom is -0.340 e. The molecule has 0 aromatic rings. The van der Waals surface area contributed by atoms with Crippen LogP contribution in [0.3, 0.4) is 0 Å². The molecule has 1 saturated heterocycles. The maximum absolute atomic E-state index is 12.2. The molecular formula is C12H24N2OS. The van der Waals surface area contributed by atoms with Crippen molar-refractivity contribution in [3.63, 3.8) is 0 Å². The Morgan fingerprint density at radius 1 is 1.44 bits per heavy atom. The van der Waals surface area contributed by atoms with Gasteiger partial charge in [0.2, 0.25) is 5.91 Å². The van der Waals surface area contributed by atoms with Gasteiger partial charge in [0.15, 0.2) is 0 Å². The summed E-state index contributed by atoms with van der Waals surface area (Å²) in [5.74, 6) is 0.302. The van der Waals surface area contributed by atoms with Crippen LogP contribution in [0.1, 0.15) is 33.6 Å². The van der Waals surface area contributed by atoms with Gasteiger partial charge in [-0.05, 0) is 6.42 Å². The molecular weight excluding hydrogens is 220 g/mol. The maximum atomic E-state index is 12.2. The zero-order valence-corrected chi connectivity index (χ0v) is 11.4. The van der Waals surface area contributed by atoms with Crippen LogP contribution in [-0.4, -0.2) is 40.9 Å². The minimum atomic E-state index is 0.0347. The highest BCUT2D eigenvalue weighted by Gasteiger charge is 2.29. The molecule has 4 heteroatoms. The molecule has 0 radical (unpaired) electrons. The van der Waals surface area contributed by atoms with E-state index in [0.717, 1.165) is 25.9 Å². The second-order valence-electron chi connectivity index (χ2n) is 4.72. The summed E-state index contributed by atoms with van der Waals surface area (Å²) in [5, 5.41) is 1.10. The first kappa shape index (κ1) is 13.8. The van der Waals surface area contributed by atoms with E-state index in [9.17, 15) is 4.79 Å². The maximum Gasteiger partial charge on any atom is 0.227 e. The van der Waals surface area contributed by atoms with E-state index >= 15 is 0 Å². The molecule has 0 bridgehead atoms. The smallest absolute Gasteiger partial charge is 0.227 e. The van der Waals surface area contributed by atoms with Crippen LogP contribution in [0.15, 0.2) is 0 Å². The standard InChI is InChI=1S/C12H24N2OS/c1-4-5-11(6-13)12(15)14-7-9(2)16-10(3)8-14/h9-11H,4-8,13H2,1-3H3. The Labute approximate surface area is 103 Å². The Morgan fingerprint density at radius 2 is 2.00 bits per heavy atom. The Morgan fingerprint density at radius 3 is 2.44 bits per heavy atom. The van der Waals surface area contributed by atoms with E-state index < -0.39 is 0 Å². The lowest BCUT2D eigenvalue weighted by Crippen LogP contribution is -2.47. The monoisotopic (exact) mass is 244 g/mol. The molecule has 0 saturated carbocycles. The van der Waals surface area contributed by atoms with Crippen LogP contribution in [0, 0.1) is 5.92 Å². The number of rotatable bonds is 4. The predicted molar refractivity (Wildman–Crippen MR) is 70.5 cm³/mol. The van der Waals surface area contributed by atoms with Crippen molar-refractivity contribution in [3.8, 4) is 0 Å². The van der Waals surface area contributed by atoms with E-state index in [2.05, 4.69) is 20.8 Å². The SMILES string of the molecule is CCCC(CN)C(=O)N1CC(C)SC(C)C1. The Kier molecular flexibility index (Phi) is 5.62. The third-order valence-corrected chi connectivity index (χ3v) is 4.23. The summed E-state index contributed by atoms with van der Waals surface area (Å²) in [6, 6.07) is 0. The summed E-state index contributed by atoms with van der Waals surface area (Å²) in [7, 11) is 0. The van der Waals surface area contributed by atoms with Crippen LogP contribution in [0.25, 0.3) is 0 Å². The van der Waals surface area contributed by atoms with E-state index in [1.54, 1.807) is 0 Å². The van der Waals surface area contributed by atoms with Crippen LogP contribution in [0.5, 0.6) is 0 Å². The van der Waals surface area contributed by atoms with Gasteiger partial charge in [0, 0.05) is 30.1 Å². The molecule has 1 rings (SSSR count). The van der Waals surface area contributed by atoms with Crippen LogP contribution in [-0.2, 0) is 4.79 Å². The van der Waals surface area contributed by atoms with Gasteiger partial charge in [0.1, 0.15) is 0 Å². The summed E-state index contributed by atoms with van der Waals surface area (Å²) < 4.78 is 0. The normalized spacial score (nSPS) is 27.9. The third kappa shape index (κ3) is 3.67. The number of nitrogens with zero attached hydrogens (tertiary/aromatic N) is 1. The lowest BCUT2D eigenvalue weighted by Gasteiger charge is -2.36. The molecule has 1 aliphatic heterocycles. The van der Waals surface area contributed by atoms with Crippen molar-refractivity contribution in [2.24, 2.45) is 11.7 Å².